The molecule has 0 bridgehead atoms. The maximum Gasteiger partial charge on any atom is 0.228 e. The second-order valence-electron chi connectivity index (χ2n) is 3.81. The van der Waals surface area contributed by atoms with E-state index in [0.29, 0.717) is 5.56 Å². The minimum atomic E-state index is -0.336. The van der Waals surface area contributed by atoms with Crippen molar-refractivity contribution in [3.63, 3.8) is 0 Å². The van der Waals surface area contributed by atoms with Crippen LogP contribution in [0.3, 0.4) is 0 Å². The molecule has 2 rings (SSSR count). The fraction of sp³-hybridized carbons (Fsp3) is 0.0909. The molecule has 1 heterocycles. The number of aromatic nitrogens is 3. The Morgan fingerprint density at radius 2 is 2.15 bits per heavy atom. The van der Waals surface area contributed by atoms with Crippen molar-refractivity contribution in [2.24, 2.45) is 10.9 Å². The molecular formula is C11H12FN7O. The van der Waals surface area contributed by atoms with E-state index in [9.17, 15) is 4.39 Å². The van der Waals surface area contributed by atoms with Crippen molar-refractivity contribution in [3.05, 3.63) is 41.5 Å². The number of nitrogens with one attached hydrogen (secondary N) is 1. The van der Waals surface area contributed by atoms with Gasteiger partial charge in [0.25, 0.3) is 0 Å². The zero-order valence-electron chi connectivity index (χ0n) is 10.3. The van der Waals surface area contributed by atoms with Crippen LogP contribution in [0, 0.1) is 5.82 Å². The standard InChI is InChI=1S/C11H12FN7O/c12-7-3-1-2-6(4-7)5-15-11-17-9(8(13)19-20)16-10(14)18-11/h1-4,20H,5H2,(H2,13,19)(H3,14,15,16,17,18). The first kappa shape index (κ1) is 13.5. The smallest absolute Gasteiger partial charge is 0.228 e. The summed E-state index contributed by atoms with van der Waals surface area (Å²) >= 11 is 0. The molecule has 0 radical (unpaired) electrons. The molecule has 1 aromatic heterocycles. The van der Waals surface area contributed by atoms with Gasteiger partial charge in [-0.25, -0.2) is 4.39 Å². The number of nitrogen functional groups attached to an aromatic ring is 1. The number of hydrogen-bond donors (Lipinski definition) is 4. The molecule has 104 valence electrons. The van der Waals surface area contributed by atoms with E-state index in [0.717, 1.165) is 0 Å². The Labute approximate surface area is 113 Å². The van der Waals surface area contributed by atoms with E-state index >= 15 is 0 Å². The van der Waals surface area contributed by atoms with Crippen LogP contribution in [-0.2, 0) is 6.54 Å². The zero-order chi connectivity index (χ0) is 14.5. The van der Waals surface area contributed by atoms with Gasteiger partial charge in [-0.3, -0.25) is 0 Å². The van der Waals surface area contributed by atoms with Gasteiger partial charge in [-0.05, 0) is 17.7 Å². The predicted molar refractivity (Wildman–Crippen MR) is 70.5 cm³/mol. The normalized spacial score (nSPS) is 11.3. The van der Waals surface area contributed by atoms with Crippen molar-refractivity contribution >= 4 is 17.7 Å². The van der Waals surface area contributed by atoms with Crippen LogP contribution in [0.15, 0.2) is 29.4 Å². The zero-order valence-corrected chi connectivity index (χ0v) is 10.3. The van der Waals surface area contributed by atoms with E-state index in [1.54, 1.807) is 12.1 Å². The number of rotatable bonds is 4. The van der Waals surface area contributed by atoms with Crippen molar-refractivity contribution in [1.29, 1.82) is 0 Å². The maximum absolute atomic E-state index is 13.0. The first-order valence-electron chi connectivity index (χ1n) is 5.56. The van der Waals surface area contributed by atoms with Crippen LogP contribution in [0.25, 0.3) is 0 Å². The van der Waals surface area contributed by atoms with E-state index in [2.05, 4.69) is 25.4 Å². The summed E-state index contributed by atoms with van der Waals surface area (Å²) in [6.07, 6.45) is 0. The van der Waals surface area contributed by atoms with Gasteiger partial charge in [0.2, 0.25) is 23.6 Å². The van der Waals surface area contributed by atoms with Crippen molar-refractivity contribution < 1.29 is 9.60 Å². The SMILES string of the molecule is NC(=NO)c1nc(N)nc(NCc2cccc(F)c2)n1. The summed E-state index contributed by atoms with van der Waals surface area (Å²) in [5.74, 6) is -0.613. The molecule has 0 saturated heterocycles. The molecule has 0 atom stereocenters. The number of halogens is 1. The molecule has 2 aromatic rings. The number of anilines is 2. The van der Waals surface area contributed by atoms with Gasteiger partial charge in [0.05, 0.1) is 0 Å². The third kappa shape index (κ3) is 3.28. The molecule has 0 unspecified atom stereocenters. The molecule has 6 N–H and O–H groups in total. The Kier molecular flexibility index (Phi) is 3.89. The van der Waals surface area contributed by atoms with Crippen molar-refractivity contribution in [2.75, 3.05) is 11.1 Å². The Morgan fingerprint density at radius 1 is 1.35 bits per heavy atom. The monoisotopic (exact) mass is 277 g/mol. The average molecular weight is 277 g/mol. The minimum absolute atomic E-state index is 0.0539. The maximum atomic E-state index is 13.0. The molecule has 0 saturated carbocycles. The lowest BCUT2D eigenvalue weighted by Gasteiger charge is -2.06. The highest BCUT2D eigenvalue weighted by Crippen LogP contribution is 2.07. The third-order valence-corrected chi connectivity index (χ3v) is 2.33. The molecule has 0 amide bonds. The van der Waals surface area contributed by atoms with Crippen LogP contribution in [0.1, 0.15) is 11.4 Å². The fourth-order valence-electron chi connectivity index (χ4n) is 1.46. The largest absolute Gasteiger partial charge is 0.409 e. The van der Waals surface area contributed by atoms with Gasteiger partial charge >= 0.3 is 0 Å². The summed E-state index contributed by atoms with van der Waals surface area (Å²) in [5.41, 5.74) is 11.6. The first-order valence-corrected chi connectivity index (χ1v) is 5.56. The molecule has 0 aliphatic rings. The molecular weight excluding hydrogens is 265 g/mol. The van der Waals surface area contributed by atoms with Gasteiger partial charge in [0.1, 0.15) is 5.82 Å². The molecule has 8 nitrogen and oxygen atoms in total. The fourth-order valence-corrected chi connectivity index (χ4v) is 1.46. The van der Waals surface area contributed by atoms with E-state index in [1.807, 2.05) is 0 Å². The molecule has 0 fully saturated rings. The quantitative estimate of drug-likeness (QED) is 0.273. The summed E-state index contributed by atoms with van der Waals surface area (Å²) < 4.78 is 13.0. The molecule has 1 aromatic carbocycles. The number of amidine groups is 1. The second-order valence-corrected chi connectivity index (χ2v) is 3.81. The lowest BCUT2D eigenvalue weighted by atomic mass is 10.2. The van der Waals surface area contributed by atoms with Crippen LogP contribution in [0.5, 0.6) is 0 Å². The molecule has 20 heavy (non-hydrogen) atoms. The Balaban J connectivity index is 2.15. The highest BCUT2D eigenvalue weighted by atomic mass is 19.1. The summed E-state index contributed by atoms with van der Waals surface area (Å²) in [4.78, 5) is 11.5. The van der Waals surface area contributed by atoms with Gasteiger partial charge in [0, 0.05) is 6.54 Å². The summed E-state index contributed by atoms with van der Waals surface area (Å²) in [6, 6.07) is 6.06. The van der Waals surface area contributed by atoms with E-state index in [1.165, 1.54) is 12.1 Å². The number of nitrogens with two attached hydrogens (primary N) is 2. The summed E-state index contributed by atoms with van der Waals surface area (Å²) in [7, 11) is 0. The third-order valence-electron chi connectivity index (χ3n) is 2.33. The molecule has 0 aliphatic heterocycles. The van der Waals surface area contributed by atoms with Gasteiger partial charge < -0.3 is 22.0 Å². The van der Waals surface area contributed by atoms with Crippen LogP contribution >= 0.6 is 0 Å². The van der Waals surface area contributed by atoms with Crippen LogP contribution < -0.4 is 16.8 Å². The van der Waals surface area contributed by atoms with Crippen molar-refractivity contribution in [1.82, 2.24) is 15.0 Å². The van der Waals surface area contributed by atoms with Gasteiger partial charge in [-0.2, -0.15) is 15.0 Å². The second kappa shape index (κ2) is 5.78. The minimum Gasteiger partial charge on any atom is -0.409 e. The highest BCUT2D eigenvalue weighted by Gasteiger charge is 2.08. The number of benzene rings is 1. The topological polar surface area (TPSA) is 135 Å². The Hall–Kier alpha value is -2.97. The Bertz CT molecular complexity index is 646. The number of nitrogens with zero attached hydrogens (tertiary/aromatic N) is 4. The van der Waals surface area contributed by atoms with Crippen LogP contribution in [0.2, 0.25) is 0 Å². The average Bonchev–Trinajstić information content (AvgIpc) is 2.44. The van der Waals surface area contributed by atoms with Gasteiger partial charge in [-0.15, -0.1) is 0 Å². The van der Waals surface area contributed by atoms with E-state index in [-0.39, 0.29) is 35.9 Å². The van der Waals surface area contributed by atoms with Crippen LogP contribution in [0.4, 0.5) is 16.3 Å². The lowest BCUT2D eigenvalue weighted by molar-refractivity contribution is 0.318. The number of oxime groups is 1. The van der Waals surface area contributed by atoms with E-state index in [4.69, 9.17) is 16.7 Å². The van der Waals surface area contributed by atoms with Gasteiger partial charge in [0.15, 0.2) is 0 Å². The summed E-state index contributed by atoms with van der Waals surface area (Å²) in [5, 5.41) is 14.2. The molecule has 0 spiro atoms. The first-order chi connectivity index (χ1) is 9.58. The summed E-state index contributed by atoms with van der Waals surface area (Å²) in [6.45, 7) is 0.289. The molecule has 9 heteroatoms. The van der Waals surface area contributed by atoms with Crippen molar-refractivity contribution in [2.45, 2.75) is 6.54 Å². The Morgan fingerprint density at radius 3 is 2.85 bits per heavy atom. The van der Waals surface area contributed by atoms with Gasteiger partial charge in [-0.1, -0.05) is 17.3 Å². The predicted octanol–water partition coefficient (Wildman–Crippen LogP) is 0.299. The van der Waals surface area contributed by atoms with E-state index < -0.39 is 0 Å². The van der Waals surface area contributed by atoms with Crippen molar-refractivity contribution in [3.8, 4) is 0 Å². The number of hydrogen-bond acceptors (Lipinski definition) is 7. The van der Waals surface area contributed by atoms with Crippen LogP contribution in [-0.4, -0.2) is 26.0 Å². The highest BCUT2D eigenvalue weighted by molar-refractivity contribution is 5.93. The lowest BCUT2D eigenvalue weighted by Crippen LogP contribution is -2.20. The molecule has 0 aliphatic carbocycles.